The van der Waals surface area contributed by atoms with E-state index in [1.807, 2.05) is 36.4 Å². The van der Waals surface area contributed by atoms with Crippen LogP contribution < -0.4 is 14.8 Å². The molecule has 2 aliphatic rings. The summed E-state index contributed by atoms with van der Waals surface area (Å²) < 4.78 is 11.4. The standard InChI is InChI=1S/C21H20N2O5S/c24-19-18(29-21(26)22-19)12-14-6-8-15(9-7-14)27-11-3-10-23-13-28-17-5-2-1-4-16(17)20(23)25/h1-2,4-9,18H,3,10-13H2,(H,22,24,26). The van der Waals surface area contributed by atoms with Crippen molar-refractivity contribution in [3.8, 4) is 11.5 Å². The van der Waals surface area contributed by atoms with Crippen LogP contribution in [0.3, 0.4) is 0 Å². The topological polar surface area (TPSA) is 84.9 Å². The van der Waals surface area contributed by atoms with Gasteiger partial charge in [-0.05, 0) is 42.7 Å². The highest BCUT2D eigenvalue weighted by Gasteiger charge is 2.31. The zero-order chi connectivity index (χ0) is 20.2. The van der Waals surface area contributed by atoms with Crippen LogP contribution in [0.4, 0.5) is 4.79 Å². The Bertz CT molecular complexity index is 931. The first-order chi connectivity index (χ1) is 14.1. The van der Waals surface area contributed by atoms with Crippen molar-refractivity contribution in [2.45, 2.75) is 18.1 Å². The molecule has 0 bridgehead atoms. The van der Waals surface area contributed by atoms with Gasteiger partial charge in [0.15, 0.2) is 6.73 Å². The highest BCUT2D eigenvalue weighted by atomic mass is 32.2. The molecule has 2 aromatic rings. The van der Waals surface area contributed by atoms with Gasteiger partial charge in [-0.25, -0.2) is 0 Å². The molecule has 0 aromatic heterocycles. The minimum Gasteiger partial charge on any atom is -0.494 e. The van der Waals surface area contributed by atoms with Crippen LogP contribution in [0, 0.1) is 0 Å². The average molecular weight is 412 g/mol. The van der Waals surface area contributed by atoms with Gasteiger partial charge < -0.3 is 14.4 Å². The molecule has 29 heavy (non-hydrogen) atoms. The quantitative estimate of drug-likeness (QED) is 0.704. The third-order valence-corrected chi connectivity index (χ3v) is 5.71. The highest BCUT2D eigenvalue weighted by molar-refractivity contribution is 8.15. The fourth-order valence-electron chi connectivity index (χ4n) is 3.22. The Hall–Kier alpha value is -3.00. The second kappa shape index (κ2) is 8.57. The number of ether oxygens (including phenoxy) is 2. The molecule has 0 radical (unpaired) electrons. The highest BCUT2D eigenvalue weighted by Crippen LogP contribution is 2.25. The maximum Gasteiger partial charge on any atom is 0.286 e. The summed E-state index contributed by atoms with van der Waals surface area (Å²) in [5.41, 5.74) is 1.56. The average Bonchev–Trinajstić information content (AvgIpc) is 3.05. The van der Waals surface area contributed by atoms with Gasteiger partial charge in [0.1, 0.15) is 11.5 Å². The lowest BCUT2D eigenvalue weighted by atomic mass is 10.1. The van der Waals surface area contributed by atoms with Gasteiger partial charge in [0.2, 0.25) is 5.91 Å². The van der Waals surface area contributed by atoms with Gasteiger partial charge in [-0.3, -0.25) is 19.7 Å². The molecule has 0 aliphatic carbocycles. The number of hydrogen-bond donors (Lipinski definition) is 1. The summed E-state index contributed by atoms with van der Waals surface area (Å²) >= 11 is 1.03. The molecule has 1 N–H and O–H groups in total. The van der Waals surface area contributed by atoms with Gasteiger partial charge >= 0.3 is 0 Å². The monoisotopic (exact) mass is 412 g/mol. The molecule has 1 saturated heterocycles. The van der Waals surface area contributed by atoms with E-state index in [9.17, 15) is 14.4 Å². The Morgan fingerprint density at radius 2 is 1.90 bits per heavy atom. The Kier molecular flexibility index (Phi) is 5.71. The first-order valence-corrected chi connectivity index (χ1v) is 10.2. The van der Waals surface area contributed by atoms with E-state index in [1.54, 1.807) is 17.0 Å². The number of fused-ring (bicyclic) bond motifs is 1. The zero-order valence-electron chi connectivity index (χ0n) is 15.6. The second-order valence-corrected chi connectivity index (χ2v) is 7.95. The Labute approximate surface area is 172 Å². The lowest BCUT2D eigenvalue weighted by Gasteiger charge is -2.28. The van der Waals surface area contributed by atoms with Gasteiger partial charge in [0, 0.05) is 6.54 Å². The van der Waals surface area contributed by atoms with Gasteiger partial charge in [0.05, 0.1) is 17.4 Å². The number of rotatable bonds is 7. The molecule has 1 atom stereocenters. The number of carbonyl (C=O) groups is 3. The van der Waals surface area contributed by atoms with E-state index in [4.69, 9.17) is 9.47 Å². The minimum atomic E-state index is -0.372. The molecular weight excluding hydrogens is 392 g/mol. The maximum absolute atomic E-state index is 12.5. The number of carbonyl (C=O) groups excluding carboxylic acids is 3. The van der Waals surface area contributed by atoms with Crippen molar-refractivity contribution in [3.05, 3.63) is 59.7 Å². The molecule has 2 aromatic carbocycles. The lowest BCUT2D eigenvalue weighted by molar-refractivity contribution is -0.118. The van der Waals surface area contributed by atoms with Crippen LogP contribution in [-0.4, -0.2) is 47.1 Å². The van der Waals surface area contributed by atoms with E-state index in [1.165, 1.54) is 0 Å². The number of para-hydroxylation sites is 1. The number of hydrogen-bond acceptors (Lipinski definition) is 6. The summed E-state index contributed by atoms with van der Waals surface area (Å²) in [5, 5.41) is 1.63. The van der Waals surface area contributed by atoms with Crippen LogP contribution >= 0.6 is 11.8 Å². The van der Waals surface area contributed by atoms with Crippen molar-refractivity contribution < 1.29 is 23.9 Å². The Morgan fingerprint density at radius 3 is 2.66 bits per heavy atom. The number of nitrogens with one attached hydrogen (secondary N) is 1. The molecular formula is C21H20N2O5S. The number of benzene rings is 2. The van der Waals surface area contributed by atoms with Crippen molar-refractivity contribution in [2.75, 3.05) is 19.9 Å². The van der Waals surface area contributed by atoms with Crippen molar-refractivity contribution in [1.82, 2.24) is 10.2 Å². The molecule has 150 valence electrons. The summed E-state index contributed by atoms with van der Waals surface area (Å²) in [6.07, 6.45) is 1.18. The third kappa shape index (κ3) is 4.54. The second-order valence-electron chi connectivity index (χ2n) is 6.77. The molecule has 7 nitrogen and oxygen atoms in total. The molecule has 2 aliphatic heterocycles. The molecule has 3 amide bonds. The fourth-order valence-corrected chi connectivity index (χ4v) is 4.08. The molecule has 1 fully saturated rings. The smallest absolute Gasteiger partial charge is 0.286 e. The van der Waals surface area contributed by atoms with E-state index in [-0.39, 0.29) is 29.0 Å². The molecule has 4 rings (SSSR count). The summed E-state index contributed by atoms with van der Waals surface area (Å²) in [6.45, 7) is 1.27. The van der Waals surface area contributed by atoms with Crippen molar-refractivity contribution in [2.24, 2.45) is 0 Å². The molecule has 8 heteroatoms. The zero-order valence-corrected chi connectivity index (χ0v) is 16.4. The predicted molar refractivity (Wildman–Crippen MR) is 108 cm³/mol. The summed E-state index contributed by atoms with van der Waals surface area (Å²) in [7, 11) is 0. The molecule has 1 unspecified atom stereocenters. The van der Waals surface area contributed by atoms with Crippen molar-refractivity contribution in [1.29, 1.82) is 0 Å². The van der Waals surface area contributed by atoms with E-state index < -0.39 is 0 Å². The van der Waals surface area contributed by atoms with E-state index in [2.05, 4.69) is 5.32 Å². The molecule has 0 saturated carbocycles. The van der Waals surface area contributed by atoms with E-state index in [0.717, 1.165) is 23.1 Å². The Balaban J connectivity index is 1.22. The van der Waals surface area contributed by atoms with Gasteiger partial charge in [-0.15, -0.1) is 0 Å². The van der Waals surface area contributed by atoms with Crippen LogP contribution in [-0.2, 0) is 11.2 Å². The normalized spacial score (nSPS) is 18.3. The fraction of sp³-hybridized carbons (Fsp3) is 0.286. The van der Waals surface area contributed by atoms with Crippen molar-refractivity contribution in [3.63, 3.8) is 0 Å². The van der Waals surface area contributed by atoms with Crippen LogP contribution in [0.25, 0.3) is 0 Å². The van der Waals surface area contributed by atoms with Crippen LogP contribution in [0.5, 0.6) is 11.5 Å². The number of thioether (sulfide) groups is 1. The van der Waals surface area contributed by atoms with Crippen LogP contribution in [0.1, 0.15) is 22.3 Å². The van der Waals surface area contributed by atoms with E-state index in [0.29, 0.717) is 37.3 Å². The first-order valence-electron chi connectivity index (χ1n) is 9.34. The summed E-state index contributed by atoms with van der Waals surface area (Å²) in [5.74, 6) is 1.09. The van der Waals surface area contributed by atoms with Gasteiger partial charge in [-0.1, -0.05) is 36.0 Å². The van der Waals surface area contributed by atoms with Gasteiger partial charge in [-0.2, -0.15) is 0 Å². The van der Waals surface area contributed by atoms with E-state index >= 15 is 0 Å². The SMILES string of the molecule is O=C1NC(=O)C(Cc2ccc(OCCCN3COc4ccccc4C3=O)cc2)S1. The Morgan fingerprint density at radius 1 is 1.10 bits per heavy atom. The largest absolute Gasteiger partial charge is 0.494 e. The number of imide groups is 1. The number of nitrogens with zero attached hydrogens (tertiary/aromatic N) is 1. The molecule has 0 spiro atoms. The van der Waals surface area contributed by atoms with Crippen LogP contribution in [0.15, 0.2) is 48.5 Å². The summed E-state index contributed by atoms with van der Waals surface area (Å²) in [6, 6.07) is 14.7. The minimum absolute atomic E-state index is 0.0245. The summed E-state index contributed by atoms with van der Waals surface area (Å²) in [4.78, 5) is 37.0. The molecule has 2 heterocycles. The van der Waals surface area contributed by atoms with Gasteiger partial charge in [0.25, 0.3) is 11.1 Å². The first kappa shape index (κ1) is 19.3. The number of amides is 3. The van der Waals surface area contributed by atoms with Crippen molar-refractivity contribution >= 4 is 28.8 Å². The van der Waals surface area contributed by atoms with Crippen LogP contribution in [0.2, 0.25) is 0 Å². The maximum atomic E-state index is 12.5. The predicted octanol–water partition coefficient (Wildman–Crippen LogP) is 2.84. The lowest BCUT2D eigenvalue weighted by Crippen LogP contribution is -2.39. The third-order valence-electron chi connectivity index (χ3n) is 4.73.